The molecule has 0 saturated carbocycles. The van der Waals surface area contributed by atoms with Crippen LogP contribution in [0.4, 0.5) is 0 Å². The molecule has 2 atom stereocenters. The number of hydrogen-bond donors (Lipinski definition) is 6. The summed E-state index contributed by atoms with van der Waals surface area (Å²) < 4.78 is 0. The lowest BCUT2D eigenvalue weighted by Gasteiger charge is -2.20. The summed E-state index contributed by atoms with van der Waals surface area (Å²) in [5, 5.41) is 24.2. The fraction of sp³-hybridized carbons (Fsp3) is 0.636. The Kier molecular flexibility index (Phi) is 8.65. The van der Waals surface area contributed by atoms with E-state index >= 15 is 0 Å². The van der Waals surface area contributed by atoms with Crippen molar-refractivity contribution in [3.63, 3.8) is 0 Å². The van der Waals surface area contributed by atoms with Gasteiger partial charge in [-0.3, -0.25) is 24.4 Å². The highest BCUT2D eigenvalue weighted by molar-refractivity contribution is 5.91. The first kappa shape index (κ1) is 18.8. The van der Waals surface area contributed by atoms with Crippen molar-refractivity contribution >= 4 is 23.7 Å². The number of aliphatic carboxylic acids is 1. The number of hydrogen-bond acceptors (Lipinski definition) is 6. The molecule has 0 aromatic heterocycles. The molecule has 0 radical (unpaired) electrons. The highest BCUT2D eigenvalue weighted by atomic mass is 16.5. The molecule has 0 saturated heterocycles. The van der Waals surface area contributed by atoms with Crippen LogP contribution in [0.3, 0.4) is 0 Å². The van der Waals surface area contributed by atoms with Crippen LogP contribution < -0.4 is 21.4 Å². The Balaban J connectivity index is 4.44. The van der Waals surface area contributed by atoms with Crippen molar-refractivity contribution in [3.05, 3.63) is 0 Å². The minimum Gasteiger partial charge on any atom is -0.480 e. The van der Waals surface area contributed by atoms with E-state index in [0.717, 1.165) is 0 Å². The molecule has 0 aliphatic rings. The van der Waals surface area contributed by atoms with Gasteiger partial charge < -0.3 is 21.1 Å². The Morgan fingerprint density at radius 1 is 1.10 bits per heavy atom. The average molecular weight is 304 g/mol. The summed E-state index contributed by atoms with van der Waals surface area (Å²) in [5.74, 6) is -2.89. The van der Waals surface area contributed by atoms with E-state index in [-0.39, 0.29) is 19.5 Å². The Hall–Kier alpha value is -2.20. The summed E-state index contributed by atoms with van der Waals surface area (Å²) in [6.07, 6.45) is 0.145. The Morgan fingerprint density at radius 3 is 2.19 bits per heavy atom. The molecule has 0 spiro atoms. The monoisotopic (exact) mass is 304 g/mol. The van der Waals surface area contributed by atoms with E-state index in [0.29, 0.717) is 0 Å². The van der Waals surface area contributed by atoms with Gasteiger partial charge in [0.05, 0.1) is 6.54 Å². The third kappa shape index (κ3) is 8.55. The van der Waals surface area contributed by atoms with Crippen LogP contribution in [0.5, 0.6) is 0 Å². The molecule has 0 aliphatic heterocycles. The lowest BCUT2D eigenvalue weighted by atomic mass is 10.1. The molecule has 0 unspecified atom stereocenters. The number of rotatable bonds is 9. The van der Waals surface area contributed by atoms with Crippen molar-refractivity contribution in [3.8, 4) is 0 Å². The van der Waals surface area contributed by atoms with Gasteiger partial charge in [0.1, 0.15) is 12.1 Å². The molecule has 0 fully saturated rings. The van der Waals surface area contributed by atoms with Gasteiger partial charge in [-0.2, -0.15) is 0 Å². The predicted molar refractivity (Wildman–Crippen MR) is 70.3 cm³/mol. The van der Waals surface area contributed by atoms with Gasteiger partial charge in [0.15, 0.2) is 0 Å². The summed E-state index contributed by atoms with van der Waals surface area (Å²) in [6.45, 7) is 2.51. The molecular weight excluding hydrogens is 284 g/mol. The quantitative estimate of drug-likeness (QED) is 0.157. The summed E-state index contributed by atoms with van der Waals surface area (Å²) >= 11 is 0. The highest BCUT2D eigenvalue weighted by Crippen LogP contribution is 1.94. The van der Waals surface area contributed by atoms with Gasteiger partial charge in [0.2, 0.25) is 11.8 Å². The average Bonchev–Trinajstić information content (AvgIpc) is 2.40. The topological polar surface area (TPSA) is 157 Å². The summed E-state index contributed by atoms with van der Waals surface area (Å²) in [5.41, 5.74) is 1.40. The minimum atomic E-state index is -1.04. The van der Waals surface area contributed by atoms with Crippen molar-refractivity contribution in [2.75, 3.05) is 13.1 Å². The normalized spacial score (nSPS) is 12.9. The second-order valence-electron chi connectivity index (χ2n) is 4.32. The number of hydroxylamine groups is 1. The largest absolute Gasteiger partial charge is 0.480 e. The van der Waals surface area contributed by atoms with E-state index in [1.807, 2.05) is 0 Å². The first-order valence-electron chi connectivity index (χ1n) is 6.21. The lowest BCUT2D eigenvalue weighted by Crippen LogP contribution is -2.52. The van der Waals surface area contributed by atoms with E-state index in [4.69, 9.17) is 10.3 Å². The molecule has 10 heteroatoms. The zero-order chi connectivity index (χ0) is 16.4. The van der Waals surface area contributed by atoms with Crippen LogP contribution in [0, 0.1) is 0 Å². The van der Waals surface area contributed by atoms with Crippen LogP contribution >= 0.6 is 0 Å². The number of carbonyl (C=O) groups excluding carboxylic acids is 3. The van der Waals surface area contributed by atoms with E-state index < -0.39 is 35.8 Å². The molecule has 0 rings (SSSR count). The van der Waals surface area contributed by atoms with E-state index in [1.165, 1.54) is 19.3 Å². The Labute approximate surface area is 121 Å². The van der Waals surface area contributed by atoms with Crippen LogP contribution in [0.2, 0.25) is 0 Å². The minimum absolute atomic E-state index is 0.145. The maximum absolute atomic E-state index is 11.9. The van der Waals surface area contributed by atoms with Crippen molar-refractivity contribution in [1.29, 1.82) is 0 Å². The molecule has 120 valence electrons. The molecule has 0 heterocycles. The van der Waals surface area contributed by atoms with E-state index in [1.54, 1.807) is 0 Å². The first-order chi connectivity index (χ1) is 9.77. The molecule has 6 N–H and O–H groups in total. The number of carboxylic acids is 1. The molecule has 21 heavy (non-hydrogen) atoms. The Morgan fingerprint density at radius 2 is 1.71 bits per heavy atom. The van der Waals surface area contributed by atoms with E-state index in [2.05, 4.69) is 16.0 Å². The third-order valence-corrected chi connectivity index (χ3v) is 2.44. The van der Waals surface area contributed by atoms with Crippen LogP contribution in [-0.2, 0) is 19.2 Å². The van der Waals surface area contributed by atoms with Gasteiger partial charge in [-0.15, -0.1) is 0 Å². The van der Waals surface area contributed by atoms with Gasteiger partial charge in [-0.05, 0) is 19.9 Å². The fourth-order valence-electron chi connectivity index (χ4n) is 1.43. The molecule has 10 nitrogen and oxygen atoms in total. The van der Waals surface area contributed by atoms with Crippen molar-refractivity contribution in [1.82, 2.24) is 21.4 Å². The Bertz CT molecular complexity index is 400. The van der Waals surface area contributed by atoms with Gasteiger partial charge >= 0.3 is 5.97 Å². The lowest BCUT2D eigenvalue weighted by molar-refractivity contribution is -0.136. The van der Waals surface area contributed by atoms with Gasteiger partial charge in [-0.1, -0.05) is 0 Å². The molecule has 0 aliphatic carbocycles. The maximum atomic E-state index is 11.9. The molecule has 0 aromatic carbocycles. The number of carboxylic acid groups (broad SMARTS) is 1. The zero-order valence-electron chi connectivity index (χ0n) is 11.8. The molecule has 3 amide bonds. The number of amides is 3. The molecular formula is C11H20N4O6. The molecule has 0 aromatic rings. The molecule has 0 bridgehead atoms. The third-order valence-electron chi connectivity index (χ3n) is 2.44. The number of carbonyl (C=O) groups is 4. The second-order valence-corrected chi connectivity index (χ2v) is 4.32. The summed E-state index contributed by atoms with van der Waals surface area (Å²) in [7, 11) is 0. The predicted octanol–water partition coefficient (Wildman–Crippen LogP) is -2.43. The standard InChI is InChI=1S/C11H20N4O6/c1-6(10(19)15-21)13-11(20)8(14-7(2)16)3-4-12-5-9(17)18/h6,8,12,21H,3-5H2,1-2H3,(H,13,20)(H,14,16)(H,15,19)(H,17,18)/t6-,8+/m1/s1. The van der Waals surface area contributed by atoms with Crippen LogP contribution in [-0.4, -0.2) is 59.2 Å². The highest BCUT2D eigenvalue weighted by Gasteiger charge is 2.23. The van der Waals surface area contributed by atoms with Crippen LogP contribution in [0.25, 0.3) is 0 Å². The first-order valence-corrected chi connectivity index (χ1v) is 6.21. The zero-order valence-corrected chi connectivity index (χ0v) is 11.8. The van der Waals surface area contributed by atoms with Crippen molar-refractivity contribution in [2.24, 2.45) is 0 Å². The summed E-state index contributed by atoms with van der Waals surface area (Å²) in [6, 6.07) is -1.90. The SMILES string of the molecule is CC(=O)N[C@@H](CCNCC(=O)O)C(=O)N[C@H](C)C(=O)NO. The van der Waals surface area contributed by atoms with Gasteiger partial charge in [0, 0.05) is 6.92 Å². The smallest absolute Gasteiger partial charge is 0.317 e. The van der Waals surface area contributed by atoms with Crippen molar-refractivity contribution in [2.45, 2.75) is 32.4 Å². The number of nitrogens with one attached hydrogen (secondary N) is 4. The summed E-state index contributed by atoms with van der Waals surface area (Å²) in [4.78, 5) is 44.4. The van der Waals surface area contributed by atoms with Crippen LogP contribution in [0.15, 0.2) is 0 Å². The van der Waals surface area contributed by atoms with Gasteiger partial charge in [-0.25, -0.2) is 5.48 Å². The van der Waals surface area contributed by atoms with Gasteiger partial charge in [0.25, 0.3) is 5.91 Å². The van der Waals surface area contributed by atoms with E-state index in [9.17, 15) is 19.2 Å². The second kappa shape index (κ2) is 9.66. The van der Waals surface area contributed by atoms with Crippen molar-refractivity contribution < 1.29 is 29.5 Å². The maximum Gasteiger partial charge on any atom is 0.317 e. The fourth-order valence-corrected chi connectivity index (χ4v) is 1.43. The van der Waals surface area contributed by atoms with Crippen LogP contribution in [0.1, 0.15) is 20.3 Å².